The van der Waals surface area contributed by atoms with Crippen molar-refractivity contribution >= 4 is 34.5 Å². The predicted octanol–water partition coefficient (Wildman–Crippen LogP) is 4.73. The zero-order valence-corrected chi connectivity index (χ0v) is 14.1. The average molecular weight is 329 g/mol. The Balaban J connectivity index is 2.34. The summed E-state index contributed by atoms with van der Waals surface area (Å²) in [5.41, 5.74) is 8.95. The molecule has 1 aromatic carbocycles. The normalized spacial score (nSPS) is 12.7. The minimum Gasteiger partial charge on any atom is -0.271 e. The van der Waals surface area contributed by atoms with Crippen molar-refractivity contribution in [1.29, 1.82) is 0 Å². The topological polar surface area (TPSA) is 38.0 Å². The summed E-state index contributed by atoms with van der Waals surface area (Å²) in [5.74, 6) is 5.71. The molecule has 1 aromatic heterocycles. The van der Waals surface area contributed by atoms with Crippen LogP contribution >= 0.6 is 34.5 Å². The lowest BCUT2D eigenvalue weighted by Gasteiger charge is -2.19. The maximum atomic E-state index is 6.23. The molecule has 0 amide bonds. The van der Waals surface area contributed by atoms with Gasteiger partial charge in [0.25, 0.3) is 0 Å². The van der Waals surface area contributed by atoms with Gasteiger partial charge in [-0.25, -0.2) is 0 Å². The van der Waals surface area contributed by atoms with Gasteiger partial charge in [-0.2, -0.15) is 0 Å². The van der Waals surface area contributed by atoms with Crippen LogP contribution in [0.2, 0.25) is 8.67 Å². The maximum Gasteiger partial charge on any atom is 0.0992 e. The fourth-order valence-corrected chi connectivity index (χ4v) is 4.16. The molecule has 0 aliphatic rings. The SMILES string of the molecule is Cc1cc(C)c(CC(NN)c2cc(Cl)sc2Cl)c(C)c1. The summed E-state index contributed by atoms with van der Waals surface area (Å²) in [6, 6.07) is 6.24. The van der Waals surface area contributed by atoms with Crippen molar-refractivity contribution in [2.45, 2.75) is 33.2 Å². The molecule has 0 spiro atoms. The van der Waals surface area contributed by atoms with Gasteiger partial charge in [-0.05, 0) is 49.9 Å². The fourth-order valence-electron chi connectivity index (χ4n) is 2.59. The van der Waals surface area contributed by atoms with Crippen LogP contribution in [0.4, 0.5) is 0 Å². The fraction of sp³-hybridized carbons (Fsp3) is 0.333. The van der Waals surface area contributed by atoms with E-state index in [2.05, 4.69) is 38.3 Å². The molecule has 0 radical (unpaired) electrons. The molecule has 20 heavy (non-hydrogen) atoms. The van der Waals surface area contributed by atoms with Gasteiger partial charge < -0.3 is 0 Å². The van der Waals surface area contributed by atoms with E-state index in [1.807, 2.05) is 6.07 Å². The highest BCUT2D eigenvalue weighted by molar-refractivity contribution is 7.20. The van der Waals surface area contributed by atoms with Gasteiger partial charge >= 0.3 is 0 Å². The monoisotopic (exact) mass is 328 g/mol. The first kappa shape index (κ1) is 15.8. The quantitative estimate of drug-likeness (QED) is 0.629. The Kier molecular flexibility index (Phi) is 5.10. The van der Waals surface area contributed by atoms with Gasteiger partial charge in [0.2, 0.25) is 0 Å². The van der Waals surface area contributed by atoms with Gasteiger partial charge in [0.05, 0.1) is 14.7 Å². The van der Waals surface area contributed by atoms with Gasteiger partial charge in [-0.1, -0.05) is 40.9 Å². The van der Waals surface area contributed by atoms with Crippen LogP contribution < -0.4 is 11.3 Å². The number of benzene rings is 1. The highest BCUT2D eigenvalue weighted by atomic mass is 35.5. The van der Waals surface area contributed by atoms with Crippen LogP contribution in [-0.2, 0) is 6.42 Å². The van der Waals surface area contributed by atoms with Crippen molar-refractivity contribution in [1.82, 2.24) is 5.43 Å². The zero-order chi connectivity index (χ0) is 14.9. The van der Waals surface area contributed by atoms with Crippen molar-refractivity contribution in [3.8, 4) is 0 Å². The number of halogens is 2. The first-order valence-corrected chi connectivity index (χ1v) is 7.97. The number of hydrazine groups is 1. The summed E-state index contributed by atoms with van der Waals surface area (Å²) in [7, 11) is 0. The number of rotatable bonds is 4. The van der Waals surface area contributed by atoms with E-state index in [4.69, 9.17) is 29.0 Å². The van der Waals surface area contributed by atoms with Crippen molar-refractivity contribution in [3.05, 3.63) is 54.7 Å². The largest absolute Gasteiger partial charge is 0.271 e. The van der Waals surface area contributed by atoms with E-state index in [-0.39, 0.29) is 6.04 Å². The first-order valence-electron chi connectivity index (χ1n) is 6.40. The average Bonchev–Trinajstić information content (AvgIpc) is 2.67. The summed E-state index contributed by atoms with van der Waals surface area (Å²) in [4.78, 5) is 0. The summed E-state index contributed by atoms with van der Waals surface area (Å²) < 4.78 is 1.38. The number of thiophene rings is 1. The van der Waals surface area contributed by atoms with E-state index >= 15 is 0 Å². The van der Waals surface area contributed by atoms with Crippen LogP contribution in [0.3, 0.4) is 0 Å². The smallest absolute Gasteiger partial charge is 0.0992 e. The first-order chi connectivity index (χ1) is 9.42. The van der Waals surface area contributed by atoms with Crippen molar-refractivity contribution in [2.24, 2.45) is 5.84 Å². The molecule has 1 heterocycles. The molecule has 0 saturated heterocycles. The number of hydrogen-bond acceptors (Lipinski definition) is 3. The van der Waals surface area contributed by atoms with Crippen molar-refractivity contribution in [2.75, 3.05) is 0 Å². The molecule has 1 unspecified atom stereocenters. The summed E-state index contributed by atoms with van der Waals surface area (Å²) in [6.45, 7) is 6.37. The molecular weight excluding hydrogens is 311 g/mol. The lowest BCUT2D eigenvalue weighted by molar-refractivity contribution is 0.551. The molecule has 0 bridgehead atoms. The molecule has 0 aliphatic heterocycles. The minimum atomic E-state index is -0.0358. The predicted molar refractivity (Wildman–Crippen MR) is 88.8 cm³/mol. The Bertz CT molecular complexity index is 599. The molecule has 2 nitrogen and oxygen atoms in total. The summed E-state index contributed by atoms with van der Waals surface area (Å²) in [6.07, 6.45) is 0.793. The molecule has 1 atom stereocenters. The maximum absolute atomic E-state index is 6.23. The highest BCUT2D eigenvalue weighted by Crippen LogP contribution is 2.36. The van der Waals surface area contributed by atoms with Crippen LogP contribution in [0.1, 0.15) is 33.9 Å². The van der Waals surface area contributed by atoms with Gasteiger partial charge in [0, 0.05) is 5.56 Å². The van der Waals surface area contributed by atoms with E-state index < -0.39 is 0 Å². The molecule has 3 N–H and O–H groups in total. The van der Waals surface area contributed by atoms with E-state index in [0.717, 1.165) is 12.0 Å². The molecule has 0 fully saturated rings. The Morgan fingerprint density at radius 1 is 1.15 bits per heavy atom. The third-order valence-electron chi connectivity index (χ3n) is 3.51. The van der Waals surface area contributed by atoms with E-state index in [1.54, 1.807) is 0 Å². The second kappa shape index (κ2) is 6.46. The van der Waals surface area contributed by atoms with Crippen LogP contribution in [0.25, 0.3) is 0 Å². The van der Waals surface area contributed by atoms with Crippen molar-refractivity contribution < 1.29 is 0 Å². The van der Waals surface area contributed by atoms with Gasteiger partial charge in [-0.3, -0.25) is 11.3 Å². The van der Waals surface area contributed by atoms with Crippen LogP contribution in [-0.4, -0.2) is 0 Å². The van der Waals surface area contributed by atoms with Gasteiger partial charge in [0.1, 0.15) is 0 Å². The number of nitrogens with one attached hydrogen (secondary N) is 1. The lowest BCUT2D eigenvalue weighted by atomic mass is 9.93. The highest BCUT2D eigenvalue weighted by Gasteiger charge is 2.18. The zero-order valence-electron chi connectivity index (χ0n) is 11.8. The third-order valence-corrected chi connectivity index (χ3v) is 5.03. The van der Waals surface area contributed by atoms with Crippen molar-refractivity contribution in [3.63, 3.8) is 0 Å². The molecule has 0 aliphatic carbocycles. The molecule has 2 rings (SSSR count). The summed E-state index contributed by atoms with van der Waals surface area (Å²) in [5, 5.41) is 0. The number of nitrogens with two attached hydrogens (primary N) is 1. The Labute approximate surface area is 133 Å². The Morgan fingerprint density at radius 2 is 1.75 bits per heavy atom. The van der Waals surface area contributed by atoms with E-state index in [1.165, 1.54) is 33.6 Å². The van der Waals surface area contributed by atoms with E-state index in [9.17, 15) is 0 Å². The van der Waals surface area contributed by atoms with Gasteiger partial charge in [-0.15, -0.1) is 11.3 Å². The van der Waals surface area contributed by atoms with Crippen LogP contribution in [0.5, 0.6) is 0 Å². The standard InChI is InChI=1S/C15H18Cl2N2S/c1-8-4-9(2)11(10(3)5-8)6-13(19-18)12-7-14(16)20-15(12)17/h4-5,7,13,19H,6,18H2,1-3H3. The van der Waals surface area contributed by atoms with Gasteiger partial charge in [0.15, 0.2) is 0 Å². The third kappa shape index (κ3) is 3.35. The number of aryl methyl sites for hydroxylation is 3. The number of hydrogen-bond donors (Lipinski definition) is 2. The Hall–Kier alpha value is -0.580. The molecule has 108 valence electrons. The van der Waals surface area contributed by atoms with Crippen LogP contribution in [0, 0.1) is 20.8 Å². The molecule has 0 saturated carbocycles. The molecule has 5 heteroatoms. The molecule has 2 aromatic rings. The Morgan fingerprint density at radius 3 is 2.20 bits per heavy atom. The van der Waals surface area contributed by atoms with Crippen LogP contribution in [0.15, 0.2) is 18.2 Å². The minimum absolute atomic E-state index is 0.0358. The van der Waals surface area contributed by atoms with E-state index in [0.29, 0.717) is 8.67 Å². The second-order valence-corrected chi connectivity index (χ2v) is 7.37. The lowest BCUT2D eigenvalue weighted by Crippen LogP contribution is -2.29. The second-order valence-electron chi connectivity index (χ2n) is 5.08. The molecular formula is C15H18Cl2N2S. The summed E-state index contributed by atoms with van der Waals surface area (Å²) >= 11 is 13.6.